The monoisotopic (exact) mass is 417 g/mol. The Morgan fingerprint density at radius 3 is 2.31 bits per heavy atom. The van der Waals surface area contributed by atoms with E-state index in [1.807, 2.05) is 12.3 Å². The molecule has 4 amide bonds. The maximum absolute atomic E-state index is 12.9. The number of imide groups is 1. The highest BCUT2D eigenvalue weighted by atomic mass is 32.2. The smallest absolute Gasteiger partial charge is 0.243 e. The van der Waals surface area contributed by atoms with Gasteiger partial charge in [-0.3, -0.25) is 24.1 Å². The van der Waals surface area contributed by atoms with Gasteiger partial charge in [0.25, 0.3) is 0 Å². The number of hydrogen-bond acceptors (Lipinski definition) is 5. The number of likely N-dealkylation sites (tertiary alicyclic amines) is 1. The number of para-hydroxylation sites is 1. The Morgan fingerprint density at radius 2 is 1.72 bits per heavy atom. The number of nitrogens with one attached hydrogen (secondary N) is 2. The van der Waals surface area contributed by atoms with Crippen molar-refractivity contribution in [1.82, 2.24) is 10.2 Å². The SMILES string of the molecule is CSCCC(C(=O)NCC(=O)Nc1ccccc1)N1C(=O)C2CCCCC2C1=O. The Morgan fingerprint density at radius 1 is 1.10 bits per heavy atom. The van der Waals surface area contributed by atoms with Crippen molar-refractivity contribution in [3.05, 3.63) is 30.3 Å². The molecule has 0 spiro atoms. The molecule has 1 saturated carbocycles. The summed E-state index contributed by atoms with van der Waals surface area (Å²) in [7, 11) is 0. The van der Waals surface area contributed by atoms with Gasteiger partial charge in [0.1, 0.15) is 6.04 Å². The van der Waals surface area contributed by atoms with E-state index in [9.17, 15) is 19.2 Å². The normalized spacial score (nSPS) is 22.2. The van der Waals surface area contributed by atoms with Crippen molar-refractivity contribution in [2.24, 2.45) is 11.8 Å². The molecule has 1 aromatic carbocycles. The highest BCUT2D eigenvalue weighted by Crippen LogP contribution is 2.39. The van der Waals surface area contributed by atoms with Gasteiger partial charge < -0.3 is 10.6 Å². The van der Waals surface area contributed by atoms with E-state index in [-0.39, 0.29) is 36.1 Å². The summed E-state index contributed by atoms with van der Waals surface area (Å²) in [5.74, 6) is -1.21. The molecule has 1 aliphatic heterocycles. The molecule has 0 radical (unpaired) electrons. The summed E-state index contributed by atoms with van der Waals surface area (Å²) in [5.41, 5.74) is 0.639. The van der Waals surface area contributed by atoms with Crippen molar-refractivity contribution in [1.29, 1.82) is 0 Å². The third kappa shape index (κ3) is 4.98. The van der Waals surface area contributed by atoms with Crippen molar-refractivity contribution < 1.29 is 19.2 Å². The molecular formula is C21H27N3O4S. The zero-order valence-corrected chi connectivity index (χ0v) is 17.4. The van der Waals surface area contributed by atoms with Gasteiger partial charge in [0.15, 0.2) is 0 Å². The van der Waals surface area contributed by atoms with Gasteiger partial charge in [-0.2, -0.15) is 11.8 Å². The Balaban J connectivity index is 1.64. The van der Waals surface area contributed by atoms with E-state index in [2.05, 4.69) is 10.6 Å². The highest BCUT2D eigenvalue weighted by molar-refractivity contribution is 7.98. The summed E-state index contributed by atoms with van der Waals surface area (Å²) >= 11 is 1.55. The molecule has 3 rings (SSSR count). The van der Waals surface area contributed by atoms with Gasteiger partial charge in [0.05, 0.1) is 18.4 Å². The molecule has 1 heterocycles. The second-order valence-electron chi connectivity index (χ2n) is 7.47. The first-order chi connectivity index (χ1) is 14.0. The predicted molar refractivity (Wildman–Crippen MR) is 112 cm³/mol. The molecule has 1 aromatic rings. The van der Waals surface area contributed by atoms with Gasteiger partial charge >= 0.3 is 0 Å². The second kappa shape index (κ2) is 9.91. The molecule has 156 valence electrons. The summed E-state index contributed by atoms with van der Waals surface area (Å²) in [5, 5.41) is 5.31. The lowest BCUT2D eigenvalue weighted by molar-refractivity contribution is -0.148. The number of benzene rings is 1. The molecule has 0 aromatic heterocycles. The number of nitrogens with zero attached hydrogens (tertiary/aromatic N) is 1. The third-order valence-electron chi connectivity index (χ3n) is 5.57. The fraction of sp³-hybridized carbons (Fsp3) is 0.524. The Hall–Kier alpha value is -2.35. The number of amides is 4. The molecule has 2 fully saturated rings. The van der Waals surface area contributed by atoms with E-state index in [0.29, 0.717) is 30.7 Å². The minimum absolute atomic E-state index is 0.216. The third-order valence-corrected chi connectivity index (χ3v) is 6.21. The number of thioether (sulfide) groups is 1. The zero-order valence-electron chi connectivity index (χ0n) is 16.6. The Bertz CT molecular complexity index is 746. The average molecular weight is 418 g/mol. The van der Waals surface area contributed by atoms with Gasteiger partial charge in [-0.1, -0.05) is 31.0 Å². The molecule has 8 heteroatoms. The van der Waals surface area contributed by atoms with Crippen LogP contribution in [0.15, 0.2) is 30.3 Å². The predicted octanol–water partition coefficient (Wildman–Crippen LogP) is 2.04. The van der Waals surface area contributed by atoms with Crippen LogP contribution in [0.1, 0.15) is 32.1 Å². The average Bonchev–Trinajstić information content (AvgIpc) is 2.99. The summed E-state index contributed by atoms with van der Waals surface area (Å²) in [6.07, 6.45) is 5.59. The Kier molecular flexibility index (Phi) is 7.30. The maximum Gasteiger partial charge on any atom is 0.243 e. The fourth-order valence-corrected chi connectivity index (χ4v) is 4.57. The summed E-state index contributed by atoms with van der Waals surface area (Å²) < 4.78 is 0. The van der Waals surface area contributed by atoms with Crippen molar-refractivity contribution in [2.75, 3.05) is 23.9 Å². The molecule has 1 saturated heterocycles. The molecule has 3 unspecified atom stereocenters. The quantitative estimate of drug-likeness (QED) is 0.631. The molecule has 3 atom stereocenters. The van der Waals surface area contributed by atoms with Crippen LogP contribution in [0.4, 0.5) is 5.69 Å². The number of rotatable bonds is 8. The van der Waals surface area contributed by atoms with Crippen LogP contribution < -0.4 is 10.6 Å². The number of anilines is 1. The molecule has 2 N–H and O–H groups in total. The zero-order chi connectivity index (χ0) is 20.8. The van der Waals surface area contributed by atoms with Crippen LogP contribution in [-0.4, -0.2) is 53.1 Å². The maximum atomic E-state index is 12.9. The van der Waals surface area contributed by atoms with E-state index < -0.39 is 11.9 Å². The van der Waals surface area contributed by atoms with Crippen molar-refractivity contribution in [2.45, 2.75) is 38.1 Å². The van der Waals surface area contributed by atoms with E-state index in [4.69, 9.17) is 0 Å². The summed E-state index contributed by atoms with van der Waals surface area (Å²) in [6, 6.07) is 8.09. The van der Waals surface area contributed by atoms with Crippen LogP contribution in [-0.2, 0) is 19.2 Å². The largest absolute Gasteiger partial charge is 0.345 e. The van der Waals surface area contributed by atoms with Crippen LogP contribution in [0.2, 0.25) is 0 Å². The van der Waals surface area contributed by atoms with E-state index in [1.165, 1.54) is 4.90 Å². The first-order valence-corrected chi connectivity index (χ1v) is 11.4. The lowest BCUT2D eigenvalue weighted by atomic mass is 9.81. The minimum atomic E-state index is -0.863. The van der Waals surface area contributed by atoms with Crippen molar-refractivity contribution in [3.8, 4) is 0 Å². The highest BCUT2D eigenvalue weighted by Gasteiger charge is 2.51. The van der Waals surface area contributed by atoms with Crippen LogP contribution in [0, 0.1) is 11.8 Å². The molecule has 0 bridgehead atoms. The first-order valence-electron chi connectivity index (χ1n) is 10.0. The molecule has 2 aliphatic rings. The van der Waals surface area contributed by atoms with Gasteiger partial charge in [-0.05, 0) is 43.4 Å². The lowest BCUT2D eigenvalue weighted by Crippen LogP contribution is -2.51. The van der Waals surface area contributed by atoms with Gasteiger partial charge in [0, 0.05) is 5.69 Å². The van der Waals surface area contributed by atoms with E-state index in [0.717, 1.165) is 12.8 Å². The topological polar surface area (TPSA) is 95.6 Å². The van der Waals surface area contributed by atoms with Gasteiger partial charge in [0.2, 0.25) is 23.6 Å². The number of hydrogen-bond donors (Lipinski definition) is 2. The van der Waals surface area contributed by atoms with Crippen LogP contribution in [0.25, 0.3) is 0 Å². The molecule has 7 nitrogen and oxygen atoms in total. The van der Waals surface area contributed by atoms with Crippen LogP contribution in [0.3, 0.4) is 0 Å². The minimum Gasteiger partial charge on any atom is -0.345 e. The Labute approximate surface area is 175 Å². The molecular weight excluding hydrogens is 390 g/mol. The summed E-state index contributed by atoms with van der Waals surface area (Å²) in [4.78, 5) is 51.9. The number of fused-ring (bicyclic) bond motifs is 1. The van der Waals surface area contributed by atoms with Gasteiger partial charge in [-0.15, -0.1) is 0 Å². The van der Waals surface area contributed by atoms with Crippen LogP contribution >= 0.6 is 11.8 Å². The first kappa shape index (κ1) is 21.4. The fourth-order valence-electron chi connectivity index (χ4n) is 4.11. The summed E-state index contributed by atoms with van der Waals surface area (Å²) in [6.45, 7) is -0.216. The van der Waals surface area contributed by atoms with Crippen LogP contribution in [0.5, 0.6) is 0 Å². The standard InChI is InChI=1S/C21H27N3O4S/c1-29-12-11-17(24-20(27)15-9-5-6-10-16(15)21(24)28)19(26)22-13-18(25)23-14-7-3-2-4-8-14/h2-4,7-8,15-17H,5-6,9-13H2,1H3,(H,22,26)(H,23,25). The van der Waals surface area contributed by atoms with Crippen molar-refractivity contribution in [3.63, 3.8) is 0 Å². The number of carbonyl (C=O) groups excluding carboxylic acids is 4. The van der Waals surface area contributed by atoms with E-state index in [1.54, 1.807) is 36.0 Å². The molecule has 1 aliphatic carbocycles. The molecule has 29 heavy (non-hydrogen) atoms. The second-order valence-corrected chi connectivity index (χ2v) is 8.46. The number of carbonyl (C=O) groups is 4. The van der Waals surface area contributed by atoms with Gasteiger partial charge in [-0.25, -0.2) is 0 Å². The van der Waals surface area contributed by atoms with Crippen molar-refractivity contribution >= 4 is 41.1 Å². The lowest BCUT2D eigenvalue weighted by Gasteiger charge is -2.25. The van der Waals surface area contributed by atoms with E-state index >= 15 is 0 Å².